The second-order valence-electron chi connectivity index (χ2n) is 10.4. The molecule has 0 bridgehead atoms. The standard InChI is InChI=1S/C25H41N3O3/c1-16(2)15-19-9-11-20(12-10-19)27-23(30)18(5)26-24(31)22(17(3)4)28-21(29)13-14-25(6,7)8/h9-12,16-18,22H,13-15H2,1-8H3,(H,26,31)(H,27,30)(H,28,29)/t18-,22-/m0/s1. The van der Waals surface area contributed by atoms with Crippen LogP contribution in [0.4, 0.5) is 5.69 Å². The third-order valence-electron chi connectivity index (χ3n) is 4.99. The van der Waals surface area contributed by atoms with E-state index >= 15 is 0 Å². The first-order chi connectivity index (χ1) is 14.3. The van der Waals surface area contributed by atoms with Crippen LogP contribution in [0, 0.1) is 17.3 Å². The number of carbonyl (C=O) groups is 3. The molecule has 0 fully saturated rings. The molecule has 0 aromatic heterocycles. The van der Waals surface area contributed by atoms with Gasteiger partial charge in [0, 0.05) is 12.1 Å². The molecule has 6 nitrogen and oxygen atoms in total. The van der Waals surface area contributed by atoms with Gasteiger partial charge in [0.25, 0.3) is 0 Å². The lowest BCUT2D eigenvalue weighted by Gasteiger charge is -2.25. The van der Waals surface area contributed by atoms with Crippen LogP contribution in [0.5, 0.6) is 0 Å². The van der Waals surface area contributed by atoms with Crippen molar-refractivity contribution in [3.63, 3.8) is 0 Å². The summed E-state index contributed by atoms with van der Waals surface area (Å²) in [7, 11) is 0. The molecule has 3 N–H and O–H groups in total. The van der Waals surface area contributed by atoms with Gasteiger partial charge in [-0.3, -0.25) is 14.4 Å². The number of benzene rings is 1. The molecule has 174 valence electrons. The van der Waals surface area contributed by atoms with Gasteiger partial charge in [-0.15, -0.1) is 0 Å². The first-order valence-corrected chi connectivity index (χ1v) is 11.3. The third-order valence-corrected chi connectivity index (χ3v) is 4.99. The third kappa shape index (κ3) is 10.5. The zero-order chi connectivity index (χ0) is 23.8. The molecule has 6 heteroatoms. The average molecular weight is 432 g/mol. The summed E-state index contributed by atoms with van der Waals surface area (Å²) < 4.78 is 0. The molecule has 0 radical (unpaired) electrons. The lowest BCUT2D eigenvalue weighted by molar-refractivity contribution is -0.132. The van der Waals surface area contributed by atoms with Gasteiger partial charge in [-0.2, -0.15) is 0 Å². The molecule has 3 amide bonds. The molecular formula is C25H41N3O3. The van der Waals surface area contributed by atoms with E-state index in [9.17, 15) is 14.4 Å². The number of hydrogen-bond acceptors (Lipinski definition) is 3. The fourth-order valence-electron chi connectivity index (χ4n) is 3.08. The Morgan fingerprint density at radius 2 is 1.45 bits per heavy atom. The number of anilines is 1. The van der Waals surface area contributed by atoms with E-state index in [1.54, 1.807) is 6.92 Å². The van der Waals surface area contributed by atoms with Gasteiger partial charge in [0.1, 0.15) is 12.1 Å². The summed E-state index contributed by atoms with van der Waals surface area (Å²) >= 11 is 0. The number of carbonyl (C=O) groups excluding carboxylic acids is 3. The largest absolute Gasteiger partial charge is 0.344 e. The Morgan fingerprint density at radius 3 is 1.94 bits per heavy atom. The summed E-state index contributed by atoms with van der Waals surface area (Å²) in [5.41, 5.74) is 1.96. The minimum atomic E-state index is -0.726. The Morgan fingerprint density at radius 1 is 0.871 bits per heavy atom. The monoisotopic (exact) mass is 431 g/mol. The Balaban J connectivity index is 2.63. The number of hydrogen-bond donors (Lipinski definition) is 3. The van der Waals surface area contributed by atoms with Crippen molar-refractivity contribution >= 4 is 23.4 Å². The zero-order valence-corrected chi connectivity index (χ0v) is 20.5. The van der Waals surface area contributed by atoms with Gasteiger partial charge in [-0.25, -0.2) is 0 Å². The lowest BCUT2D eigenvalue weighted by atomic mass is 9.90. The summed E-state index contributed by atoms with van der Waals surface area (Å²) in [6, 6.07) is 6.34. The quantitative estimate of drug-likeness (QED) is 0.516. The highest BCUT2D eigenvalue weighted by Gasteiger charge is 2.27. The van der Waals surface area contributed by atoms with Gasteiger partial charge in [0.05, 0.1) is 0 Å². The molecule has 1 aromatic rings. The molecule has 0 saturated heterocycles. The van der Waals surface area contributed by atoms with Crippen molar-refractivity contribution in [3.8, 4) is 0 Å². The van der Waals surface area contributed by atoms with Crippen molar-refractivity contribution in [2.75, 3.05) is 5.32 Å². The van der Waals surface area contributed by atoms with Crippen molar-refractivity contribution in [1.82, 2.24) is 10.6 Å². The Hall–Kier alpha value is -2.37. The van der Waals surface area contributed by atoms with E-state index in [1.807, 2.05) is 38.1 Å². The lowest BCUT2D eigenvalue weighted by Crippen LogP contribution is -2.53. The molecule has 0 heterocycles. The summed E-state index contributed by atoms with van der Waals surface area (Å²) in [6.07, 6.45) is 2.08. The van der Waals surface area contributed by atoms with Crippen molar-refractivity contribution in [1.29, 1.82) is 0 Å². The molecule has 0 aliphatic rings. The normalized spacial score (nSPS) is 13.6. The molecule has 1 rings (SSSR count). The van der Waals surface area contributed by atoms with Crippen molar-refractivity contribution in [3.05, 3.63) is 29.8 Å². The topological polar surface area (TPSA) is 87.3 Å². The molecule has 31 heavy (non-hydrogen) atoms. The van der Waals surface area contributed by atoms with E-state index in [-0.39, 0.29) is 29.1 Å². The molecule has 2 atom stereocenters. The van der Waals surface area contributed by atoms with Crippen molar-refractivity contribution in [2.24, 2.45) is 17.3 Å². The summed E-state index contributed by atoms with van der Waals surface area (Å²) in [5.74, 6) is -0.330. The highest BCUT2D eigenvalue weighted by Crippen LogP contribution is 2.20. The minimum absolute atomic E-state index is 0.0481. The summed E-state index contributed by atoms with van der Waals surface area (Å²) in [6.45, 7) is 15.9. The molecule has 0 aliphatic carbocycles. The highest BCUT2D eigenvalue weighted by atomic mass is 16.2. The Kier molecular flexibility index (Phi) is 10.2. The van der Waals surface area contributed by atoms with Gasteiger partial charge >= 0.3 is 0 Å². The van der Waals surface area contributed by atoms with Gasteiger partial charge in [0.15, 0.2) is 0 Å². The van der Waals surface area contributed by atoms with E-state index < -0.39 is 12.1 Å². The number of rotatable bonds is 10. The fourth-order valence-corrected chi connectivity index (χ4v) is 3.08. The Labute approximate surface area is 187 Å². The minimum Gasteiger partial charge on any atom is -0.344 e. The SMILES string of the molecule is CC(C)Cc1ccc(NC(=O)[C@H](C)NC(=O)[C@@H](NC(=O)CCC(C)(C)C)C(C)C)cc1. The van der Waals surface area contributed by atoms with Crippen LogP contribution in [-0.4, -0.2) is 29.8 Å². The van der Waals surface area contributed by atoms with Crippen LogP contribution in [0.3, 0.4) is 0 Å². The first kappa shape index (κ1) is 26.7. The van der Waals surface area contributed by atoms with Crippen LogP contribution in [0.25, 0.3) is 0 Å². The molecule has 0 unspecified atom stereocenters. The Bertz CT molecular complexity index is 733. The van der Waals surface area contributed by atoms with E-state index in [0.29, 0.717) is 18.0 Å². The molecule has 0 aliphatic heterocycles. The van der Waals surface area contributed by atoms with Crippen molar-refractivity contribution in [2.45, 2.75) is 86.7 Å². The summed E-state index contributed by atoms with van der Waals surface area (Å²) in [4.78, 5) is 37.5. The maximum absolute atomic E-state index is 12.7. The van der Waals surface area contributed by atoms with E-state index in [0.717, 1.165) is 12.8 Å². The predicted molar refractivity (Wildman–Crippen MR) is 127 cm³/mol. The van der Waals surface area contributed by atoms with Gasteiger partial charge in [0.2, 0.25) is 17.7 Å². The van der Waals surface area contributed by atoms with Gasteiger partial charge < -0.3 is 16.0 Å². The maximum Gasteiger partial charge on any atom is 0.246 e. The van der Waals surface area contributed by atoms with Crippen LogP contribution in [0.1, 0.15) is 73.8 Å². The van der Waals surface area contributed by atoms with Crippen LogP contribution < -0.4 is 16.0 Å². The molecule has 0 spiro atoms. The van der Waals surface area contributed by atoms with E-state index in [4.69, 9.17) is 0 Å². The highest BCUT2D eigenvalue weighted by molar-refractivity contribution is 5.98. The zero-order valence-electron chi connectivity index (χ0n) is 20.5. The smallest absolute Gasteiger partial charge is 0.246 e. The van der Waals surface area contributed by atoms with Crippen LogP contribution in [0.2, 0.25) is 0 Å². The van der Waals surface area contributed by atoms with Crippen LogP contribution in [0.15, 0.2) is 24.3 Å². The first-order valence-electron chi connectivity index (χ1n) is 11.3. The van der Waals surface area contributed by atoms with Gasteiger partial charge in [-0.1, -0.05) is 60.6 Å². The van der Waals surface area contributed by atoms with E-state index in [1.165, 1.54) is 5.56 Å². The predicted octanol–water partition coefficient (Wildman–Crippen LogP) is 4.30. The number of amides is 3. The molecular weight excluding hydrogens is 390 g/mol. The second kappa shape index (κ2) is 11.9. The maximum atomic E-state index is 12.7. The van der Waals surface area contributed by atoms with Crippen LogP contribution >= 0.6 is 0 Å². The average Bonchev–Trinajstić information content (AvgIpc) is 2.64. The second-order valence-corrected chi connectivity index (χ2v) is 10.4. The van der Waals surface area contributed by atoms with Gasteiger partial charge in [-0.05, 0) is 54.7 Å². The van der Waals surface area contributed by atoms with Crippen molar-refractivity contribution < 1.29 is 14.4 Å². The van der Waals surface area contributed by atoms with Crippen LogP contribution in [-0.2, 0) is 20.8 Å². The summed E-state index contributed by atoms with van der Waals surface area (Å²) in [5, 5.41) is 8.39. The molecule has 0 saturated carbocycles. The fraction of sp³-hybridized carbons (Fsp3) is 0.640. The number of nitrogens with one attached hydrogen (secondary N) is 3. The molecule has 1 aromatic carbocycles. The van der Waals surface area contributed by atoms with E-state index in [2.05, 4.69) is 50.6 Å².